The third-order valence-electron chi connectivity index (χ3n) is 2.38. The van der Waals surface area contributed by atoms with Gasteiger partial charge in [0.1, 0.15) is 5.75 Å². The summed E-state index contributed by atoms with van der Waals surface area (Å²) < 4.78 is 5.25. The van der Waals surface area contributed by atoms with Crippen molar-refractivity contribution in [2.75, 3.05) is 6.61 Å². The van der Waals surface area contributed by atoms with Crippen LogP contribution in [0.25, 0.3) is 0 Å². The lowest BCUT2D eigenvalue weighted by Crippen LogP contribution is -2.20. The second-order valence-electron chi connectivity index (χ2n) is 5.10. The molecule has 0 aliphatic carbocycles. The van der Waals surface area contributed by atoms with E-state index in [0.29, 0.717) is 11.3 Å². The number of benzene rings is 1. The number of Topliss-reactive ketones (excluding diaryl/α,β-unsaturated/α-hetero) is 1. The van der Waals surface area contributed by atoms with Crippen molar-refractivity contribution in [1.29, 1.82) is 0 Å². The van der Waals surface area contributed by atoms with Gasteiger partial charge >= 0.3 is 5.97 Å². The van der Waals surface area contributed by atoms with Gasteiger partial charge in [-0.3, -0.25) is 9.59 Å². The van der Waals surface area contributed by atoms with Gasteiger partial charge < -0.3 is 9.84 Å². The van der Waals surface area contributed by atoms with Crippen LogP contribution < -0.4 is 4.74 Å². The maximum Gasteiger partial charge on any atom is 0.306 e. The molecule has 0 spiro atoms. The smallest absolute Gasteiger partial charge is 0.306 e. The second-order valence-corrected chi connectivity index (χ2v) is 5.10. The number of carboxylic acid groups (broad SMARTS) is 1. The topological polar surface area (TPSA) is 63.6 Å². The molecule has 0 radical (unpaired) electrons. The fourth-order valence-corrected chi connectivity index (χ4v) is 1.39. The van der Waals surface area contributed by atoms with Gasteiger partial charge in [-0.15, -0.1) is 0 Å². The van der Waals surface area contributed by atoms with E-state index in [1.54, 1.807) is 24.3 Å². The molecule has 0 aliphatic rings. The predicted octanol–water partition coefficient (Wildman–Crippen LogP) is 2.77. The van der Waals surface area contributed by atoms with Crippen LogP contribution in [0.15, 0.2) is 24.3 Å². The molecule has 0 amide bonds. The zero-order valence-electron chi connectivity index (χ0n) is 10.9. The van der Waals surface area contributed by atoms with Crippen molar-refractivity contribution in [3.8, 4) is 5.75 Å². The van der Waals surface area contributed by atoms with Gasteiger partial charge in [0.25, 0.3) is 0 Å². The lowest BCUT2D eigenvalue weighted by molar-refractivity contribution is -0.137. The molecule has 0 saturated carbocycles. The number of carbonyl (C=O) groups is 2. The number of carbonyl (C=O) groups excluding carboxylic acids is 1. The molecule has 1 aromatic carbocycles. The summed E-state index contributed by atoms with van der Waals surface area (Å²) in [6, 6.07) is 6.76. The minimum absolute atomic E-state index is 0.0390. The first kappa shape index (κ1) is 14.2. The molecule has 0 unspecified atom stereocenters. The molecule has 0 bridgehead atoms. The lowest BCUT2D eigenvalue weighted by atomic mass is 9.86. The molecule has 0 fully saturated rings. The van der Waals surface area contributed by atoms with Crippen molar-refractivity contribution in [1.82, 2.24) is 0 Å². The van der Waals surface area contributed by atoms with Gasteiger partial charge in [-0.25, -0.2) is 0 Å². The molecular weight excluding hydrogens is 232 g/mol. The normalized spacial score (nSPS) is 11.1. The zero-order chi connectivity index (χ0) is 13.8. The summed E-state index contributed by atoms with van der Waals surface area (Å²) in [4.78, 5) is 22.3. The van der Waals surface area contributed by atoms with Gasteiger partial charge in [0.15, 0.2) is 5.78 Å². The number of ketones is 1. The van der Waals surface area contributed by atoms with E-state index >= 15 is 0 Å². The SMILES string of the molecule is CC(C)(C)C(=O)c1ccc(OCCC(=O)O)cc1. The molecule has 98 valence electrons. The molecule has 0 atom stereocenters. The highest BCUT2D eigenvalue weighted by Crippen LogP contribution is 2.22. The van der Waals surface area contributed by atoms with E-state index in [4.69, 9.17) is 9.84 Å². The van der Waals surface area contributed by atoms with Crippen LogP contribution >= 0.6 is 0 Å². The molecular formula is C14H18O4. The number of rotatable bonds is 5. The molecule has 4 heteroatoms. The van der Waals surface area contributed by atoms with E-state index in [-0.39, 0.29) is 18.8 Å². The number of hydrogen-bond donors (Lipinski definition) is 1. The standard InChI is InChI=1S/C14H18O4/c1-14(2,3)13(17)10-4-6-11(7-5-10)18-9-8-12(15)16/h4-7H,8-9H2,1-3H3,(H,15,16). The predicted molar refractivity (Wildman–Crippen MR) is 68.0 cm³/mol. The van der Waals surface area contributed by atoms with Gasteiger partial charge in [0.05, 0.1) is 13.0 Å². The number of ether oxygens (including phenoxy) is 1. The molecule has 1 rings (SSSR count). The van der Waals surface area contributed by atoms with Gasteiger partial charge in [-0.2, -0.15) is 0 Å². The minimum Gasteiger partial charge on any atom is -0.493 e. The first-order valence-corrected chi connectivity index (χ1v) is 5.80. The van der Waals surface area contributed by atoms with Crippen molar-refractivity contribution in [2.45, 2.75) is 27.2 Å². The number of carboxylic acids is 1. The van der Waals surface area contributed by atoms with E-state index in [1.165, 1.54) is 0 Å². The van der Waals surface area contributed by atoms with Crippen LogP contribution in [0.5, 0.6) is 5.75 Å². The molecule has 0 heterocycles. The first-order chi connectivity index (χ1) is 8.30. The Morgan fingerprint density at radius 3 is 2.17 bits per heavy atom. The third kappa shape index (κ3) is 4.20. The van der Waals surface area contributed by atoms with E-state index in [2.05, 4.69) is 0 Å². The lowest BCUT2D eigenvalue weighted by Gasteiger charge is -2.16. The average molecular weight is 250 g/mol. The maximum atomic E-state index is 12.0. The molecule has 0 aliphatic heterocycles. The fourth-order valence-electron chi connectivity index (χ4n) is 1.39. The van der Waals surface area contributed by atoms with Gasteiger partial charge in [-0.05, 0) is 24.3 Å². The summed E-state index contributed by atoms with van der Waals surface area (Å²) in [5.41, 5.74) is 0.221. The van der Waals surface area contributed by atoms with Crippen molar-refractivity contribution in [2.24, 2.45) is 5.41 Å². The quantitative estimate of drug-likeness (QED) is 0.816. The van der Waals surface area contributed by atoms with Crippen molar-refractivity contribution in [3.05, 3.63) is 29.8 Å². The first-order valence-electron chi connectivity index (χ1n) is 5.80. The van der Waals surface area contributed by atoms with Crippen molar-refractivity contribution >= 4 is 11.8 Å². The van der Waals surface area contributed by atoms with E-state index in [9.17, 15) is 9.59 Å². The molecule has 4 nitrogen and oxygen atoms in total. The molecule has 1 N–H and O–H groups in total. The number of aliphatic carboxylic acids is 1. The summed E-state index contributed by atoms with van der Waals surface area (Å²) in [6.07, 6.45) is -0.0390. The maximum absolute atomic E-state index is 12.0. The Labute approximate surface area is 107 Å². The van der Waals surface area contributed by atoms with Crippen molar-refractivity contribution < 1.29 is 19.4 Å². The monoisotopic (exact) mass is 250 g/mol. The minimum atomic E-state index is -0.894. The van der Waals surface area contributed by atoms with Gasteiger partial charge in [-0.1, -0.05) is 20.8 Å². The largest absolute Gasteiger partial charge is 0.493 e. The van der Waals surface area contributed by atoms with Crippen LogP contribution in [0.1, 0.15) is 37.6 Å². The van der Waals surface area contributed by atoms with E-state index in [1.807, 2.05) is 20.8 Å². The summed E-state index contributed by atoms with van der Waals surface area (Å²) >= 11 is 0. The highest BCUT2D eigenvalue weighted by Gasteiger charge is 2.22. The molecule has 1 aromatic rings. The van der Waals surface area contributed by atoms with Crippen LogP contribution in [-0.2, 0) is 4.79 Å². The Bertz CT molecular complexity index is 426. The van der Waals surface area contributed by atoms with E-state index in [0.717, 1.165) is 0 Å². The van der Waals surface area contributed by atoms with Gasteiger partial charge in [0, 0.05) is 11.0 Å². The Hall–Kier alpha value is -1.84. The molecule has 0 saturated heterocycles. The zero-order valence-corrected chi connectivity index (χ0v) is 10.9. The average Bonchev–Trinajstić information content (AvgIpc) is 2.27. The Morgan fingerprint density at radius 2 is 1.72 bits per heavy atom. The number of hydrogen-bond acceptors (Lipinski definition) is 3. The Balaban J connectivity index is 2.63. The summed E-state index contributed by atoms with van der Waals surface area (Å²) in [7, 11) is 0. The van der Waals surface area contributed by atoms with Gasteiger partial charge in [0.2, 0.25) is 0 Å². The van der Waals surface area contributed by atoms with E-state index < -0.39 is 11.4 Å². The summed E-state index contributed by atoms with van der Waals surface area (Å²) in [5.74, 6) is -0.254. The highest BCUT2D eigenvalue weighted by atomic mass is 16.5. The summed E-state index contributed by atoms with van der Waals surface area (Å²) in [5, 5.41) is 8.47. The third-order valence-corrected chi connectivity index (χ3v) is 2.38. The molecule has 0 aromatic heterocycles. The van der Waals surface area contributed by atoms with Crippen LogP contribution in [0.3, 0.4) is 0 Å². The Morgan fingerprint density at radius 1 is 1.17 bits per heavy atom. The van der Waals surface area contributed by atoms with Crippen LogP contribution in [0, 0.1) is 5.41 Å². The van der Waals surface area contributed by atoms with Crippen LogP contribution in [0.2, 0.25) is 0 Å². The van der Waals surface area contributed by atoms with Crippen molar-refractivity contribution in [3.63, 3.8) is 0 Å². The highest BCUT2D eigenvalue weighted by molar-refractivity contribution is 5.99. The second kappa shape index (κ2) is 5.67. The summed E-state index contributed by atoms with van der Waals surface area (Å²) in [6.45, 7) is 5.73. The van der Waals surface area contributed by atoms with Crippen LogP contribution in [-0.4, -0.2) is 23.5 Å². The van der Waals surface area contributed by atoms with Crippen LogP contribution in [0.4, 0.5) is 0 Å². The fraction of sp³-hybridized carbons (Fsp3) is 0.429. The Kier molecular flexibility index (Phi) is 4.48. The molecule has 18 heavy (non-hydrogen) atoms.